The van der Waals surface area contributed by atoms with Gasteiger partial charge in [-0.3, -0.25) is 24.1 Å². The molecule has 4 amide bonds. The maximum Gasteiger partial charge on any atom is 0.252 e. The summed E-state index contributed by atoms with van der Waals surface area (Å²) in [6.07, 6.45) is 4.31. The van der Waals surface area contributed by atoms with Gasteiger partial charge in [-0.15, -0.1) is 0 Å². The van der Waals surface area contributed by atoms with Gasteiger partial charge in [0.05, 0.1) is 0 Å². The lowest BCUT2D eigenvalue weighted by Crippen LogP contribution is -2.46. The molecular formula is C18H26N4O4. The molecule has 0 unspecified atom stereocenters. The molecule has 0 heterocycles. The molecule has 0 atom stereocenters. The Morgan fingerprint density at radius 2 is 0.962 bits per heavy atom. The van der Waals surface area contributed by atoms with Crippen LogP contribution in [0.4, 0.5) is 0 Å². The van der Waals surface area contributed by atoms with E-state index >= 15 is 0 Å². The van der Waals surface area contributed by atoms with Crippen LogP contribution in [0.5, 0.6) is 0 Å². The maximum atomic E-state index is 12.0. The van der Waals surface area contributed by atoms with E-state index in [9.17, 15) is 19.2 Å². The van der Waals surface area contributed by atoms with Crippen LogP contribution >= 0.6 is 0 Å². The van der Waals surface area contributed by atoms with Crippen molar-refractivity contribution < 1.29 is 19.2 Å². The second kappa shape index (κ2) is 12.4. The van der Waals surface area contributed by atoms with Crippen LogP contribution < -0.4 is 5.73 Å². The lowest BCUT2D eigenvalue weighted by molar-refractivity contribution is -0.140. The van der Waals surface area contributed by atoms with Gasteiger partial charge in [-0.05, 0) is 24.3 Å². The van der Waals surface area contributed by atoms with E-state index in [4.69, 9.17) is 5.73 Å². The Bertz CT molecular complexity index is 566. The Morgan fingerprint density at radius 3 is 1.31 bits per heavy atom. The number of hydrogen-bond acceptors (Lipinski definition) is 5. The smallest absolute Gasteiger partial charge is 0.252 e. The van der Waals surface area contributed by atoms with Crippen molar-refractivity contribution in [2.45, 2.75) is 0 Å². The molecule has 0 spiro atoms. The summed E-state index contributed by atoms with van der Waals surface area (Å²) in [5.74, 6) is -1.87. The van der Waals surface area contributed by atoms with Gasteiger partial charge in [0.2, 0.25) is 11.8 Å². The van der Waals surface area contributed by atoms with E-state index in [1.807, 2.05) is 0 Å². The number of amides is 4. The topological polar surface area (TPSA) is 104 Å². The SMILES string of the molecule is C=CC(=O)N(CCN)CCN(CCN(C(=O)C=C)C(=O)C=C)C(=O)C=C. The van der Waals surface area contributed by atoms with Crippen LogP contribution in [-0.4, -0.2) is 77.6 Å². The van der Waals surface area contributed by atoms with Gasteiger partial charge >= 0.3 is 0 Å². The molecule has 0 aliphatic rings. The summed E-state index contributed by atoms with van der Waals surface area (Å²) in [6, 6.07) is 0. The van der Waals surface area contributed by atoms with Crippen LogP contribution in [0.1, 0.15) is 0 Å². The number of rotatable bonds is 12. The molecule has 0 aromatic rings. The highest BCUT2D eigenvalue weighted by Gasteiger charge is 2.20. The maximum absolute atomic E-state index is 12.0. The zero-order chi connectivity index (χ0) is 20.1. The summed E-state index contributed by atoms with van der Waals surface area (Å²) in [6.45, 7) is 14.6. The summed E-state index contributed by atoms with van der Waals surface area (Å²) < 4.78 is 0. The molecule has 0 aliphatic carbocycles. The average Bonchev–Trinajstić information content (AvgIpc) is 2.67. The fraction of sp³-hybridized carbons (Fsp3) is 0.333. The van der Waals surface area contributed by atoms with Crippen LogP contribution in [0.15, 0.2) is 50.6 Å². The minimum absolute atomic E-state index is 0.0401. The number of nitrogens with two attached hydrogens (primary N) is 1. The number of nitrogens with zero attached hydrogens (tertiary/aromatic N) is 3. The minimum atomic E-state index is -0.590. The molecule has 0 aromatic carbocycles. The van der Waals surface area contributed by atoms with Crippen LogP contribution in [-0.2, 0) is 19.2 Å². The van der Waals surface area contributed by atoms with Gasteiger partial charge in [-0.25, -0.2) is 0 Å². The van der Waals surface area contributed by atoms with E-state index < -0.39 is 11.8 Å². The number of imide groups is 1. The van der Waals surface area contributed by atoms with Gasteiger partial charge in [0.1, 0.15) is 0 Å². The molecule has 0 saturated carbocycles. The van der Waals surface area contributed by atoms with E-state index in [2.05, 4.69) is 26.3 Å². The highest BCUT2D eigenvalue weighted by atomic mass is 16.2. The van der Waals surface area contributed by atoms with Crippen molar-refractivity contribution in [1.29, 1.82) is 0 Å². The lowest BCUT2D eigenvalue weighted by atomic mass is 10.3. The Hall–Kier alpha value is -3.00. The van der Waals surface area contributed by atoms with Crippen LogP contribution in [0.3, 0.4) is 0 Å². The van der Waals surface area contributed by atoms with Crippen molar-refractivity contribution in [1.82, 2.24) is 14.7 Å². The van der Waals surface area contributed by atoms with E-state index in [1.165, 1.54) is 15.9 Å². The Labute approximate surface area is 153 Å². The monoisotopic (exact) mass is 362 g/mol. The molecule has 8 nitrogen and oxygen atoms in total. The lowest BCUT2D eigenvalue weighted by Gasteiger charge is -2.28. The molecule has 0 aliphatic heterocycles. The highest BCUT2D eigenvalue weighted by molar-refractivity contribution is 6.04. The molecule has 2 N–H and O–H groups in total. The van der Waals surface area contributed by atoms with Crippen molar-refractivity contribution in [3.05, 3.63) is 50.6 Å². The summed E-state index contributed by atoms with van der Waals surface area (Å²) in [7, 11) is 0. The molecule has 26 heavy (non-hydrogen) atoms. The fourth-order valence-electron chi connectivity index (χ4n) is 2.09. The zero-order valence-corrected chi connectivity index (χ0v) is 14.9. The Morgan fingerprint density at radius 1 is 0.615 bits per heavy atom. The minimum Gasteiger partial charge on any atom is -0.336 e. The molecule has 0 fully saturated rings. The van der Waals surface area contributed by atoms with Crippen molar-refractivity contribution >= 4 is 23.6 Å². The quantitative estimate of drug-likeness (QED) is 0.480. The van der Waals surface area contributed by atoms with Gasteiger partial charge in [0, 0.05) is 39.3 Å². The second-order valence-corrected chi connectivity index (χ2v) is 5.08. The average molecular weight is 362 g/mol. The standard InChI is InChI=1S/C18H26N4O4/c1-5-15(23)20(10-9-19)11-12-21(16(24)6-2)13-14-22(17(25)7-3)18(26)8-4/h5-8H,1-4,9-14,19H2. The van der Waals surface area contributed by atoms with Gasteiger partial charge in [-0.1, -0.05) is 26.3 Å². The molecule has 0 radical (unpaired) electrons. The van der Waals surface area contributed by atoms with Crippen LogP contribution in [0, 0.1) is 0 Å². The van der Waals surface area contributed by atoms with Crippen molar-refractivity contribution in [2.24, 2.45) is 5.73 Å². The largest absolute Gasteiger partial charge is 0.336 e. The first-order chi connectivity index (χ1) is 12.4. The third-order valence-electron chi connectivity index (χ3n) is 3.49. The molecule has 0 bridgehead atoms. The van der Waals surface area contributed by atoms with Gasteiger partial charge in [0.25, 0.3) is 11.8 Å². The van der Waals surface area contributed by atoms with Crippen molar-refractivity contribution in [3.8, 4) is 0 Å². The summed E-state index contributed by atoms with van der Waals surface area (Å²) >= 11 is 0. The van der Waals surface area contributed by atoms with Gasteiger partial charge in [0.15, 0.2) is 0 Å². The van der Waals surface area contributed by atoms with E-state index in [-0.39, 0.29) is 44.5 Å². The fourth-order valence-corrected chi connectivity index (χ4v) is 2.09. The Kier molecular flexibility index (Phi) is 10.9. The number of hydrogen-bond donors (Lipinski definition) is 1. The summed E-state index contributed by atoms with van der Waals surface area (Å²) in [5, 5.41) is 0. The first-order valence-corrected chi connectivity index (χ1v) is 7.99. The summed E-state index contributed by atoms with van der Waals surface area (Å²) in [5.41, 5.74) is 5.48. The van der Waals surface area contributed by atoms with Gasteiger partial charge in [-0.2, -0.15) is 0 Å². The predicted molar refractivity (Wildman–Crippen MR) is 99.7 cm³/mol. The summed E-state index contributed by atoms with van der Waals surface area (Å²) in [4.78, 5) is 51.2. The normalized spacial score (nSPS) is 9.58. The third-order valence-corrected chi connectivity index (χ3v) is 3.49. The molecule has 0 aromatic heterocycles. The number of carbonyl (C=O) groups excluding carboxylic acids is 4. The number of carbonyl (C=O) groups is 4. The Balaban J connectivity index is 5.08. The van der Waals surface area contributed by atoms with E-state index in [1.54, 1.807) is 0 Å². The zero-order valence-electron chi connectivity index (χ0n) is 14.9. The molecule has 8 heteroatoms. The second-order valence-electron chi connectivity index (χ2n) is 5.08. The third kappa shape index (κ3) is 7.27. The molecular weight excluding hydrogens is 336 g/mol. The first-order valence-electron chi connectivity index (χ1n) is 7.99. The van der Waals surface area contributed by atoms with Crippen LogP contribution in [0.2, 0.25) is 0 Å². The van der Waals surface area contributed by atoms with E-state index in [0.29, 0.717) is 6.54 Å². The van der Waals surface area contributed by atoms with Gasteiger partial charge < -0.3 is 15.5 Å². The van der Waals surface area contributed by atoms with E-state index in [0.717, 1.165) is 23.1 Å². The highest BCUT2D eigenvalue weighted by Crippen LogP contribution is 2.00. The molecule has 0 saturated heterocycles. The van der Waals surface area contributed by atoms with Crippen molar-refractivity contribution in [2.75, 3.05) is 39.3 Å². The molecule has 0 rings (SSSR count). The predicted octanol–water partition coefficient (Wildman–Crippen LogP) is -0.298. The first kappa shape index (κ1) is 23.0. The van der Waals surface area contributed by atoms with Crippen LogP contribution in [0.25, 0.3) is 0 Å². The molecule has 142 valence electrons. The van der Waals surface area contributed by atoms with Crippen molar-refractivity contribution in [3.63, 3.8) is 0 Å².